The number of rotatable bonds is 3. The maximum atomic E-state index is 9.59. The van der Waals surface area contributed by atoms with Crippen LogP contribution >= 0.6 is 0 Å². The van der Waals surface area contributed by atoms with Crippen molar-refractivity contribution in [2.75, 3.05) is 5.32 Å². The highest BCUT2D eigenvalue weighted by molar-refractivity contribution is 5.65. The van der Waals surface area contributed by atoms with Gasteiger partial charge in [0.2, 0.25) is 5.88 Å². The highest BCUT2D eigenvalue weighted by Crippen LogP contribution is 2.43. The maximum Gasteiger partial charge on any atom is 0.205 e. The molecule has 0 radical (unpaired) electrons. The number of fused-ring (bicyclic) bond motifs is 1. The van der Waals surface area contributed by atoms with Gasteiger partial charge in [-0.3, -0.25) is 0 Å². The van der Waals surface area contributed by atoms with Crippen LogP contribution in [0.2, 0.25) is 0 Å². The second-order valence-corrected chi connectivity index (χ2v) is 6.08. The molecule has 0 aliphatic carbocycles. The summed E-state index contributed by atoms with van der Waals surface area (Å²) in [7, 11) is 0. The van der Waals surface area contributed by atoms with Gasteiger partial charge in [-0.15, -0.1) is 0 Å². The number of anilines is 2. The predicted molar refractivity (Wildman–Crippen MR) is 102 cm³/mol. The average molecular weight is 339 g/mol. The van der Waals surface area contributed by atoms with Crippen molar-refractivity contribution in [2.24, 2.45) is 5.73 Å². The average Bonchev–Trinajstić information content (AvgIpc) is 2.68. The summed E-state index contributed by atoms with van der Waals surface area (Å²) in [5.41, 5.74) is 10.3. The number of ether oxygens (including phenoxy) is 1. The highest BCUT2D eigenvalue weighted by Gasteiger charge is 2.30. The molecule has 1 aliphatic rings. The molecule has 1 atom stereocenters. The van der Waals surface area contributed by atoms with Gasteiger partial charge in [-0.05, 0) is 23.8 Å². The molecule has 0 amide bonds. The standard InChI is InChI=1S/C22H17N3O/c23-14-19-21(15-7-3-1-4-8-15)18-12-11-17(13-20(18)26-22(19)24)25-16-9-5-2-6-10-16/h1-13,21,25H,24H2/t21-/m1/s1. The number of nitrogens with one attached hydrogen (secondary N) is 1. The lowest BCUT2D eigenvalue weighted by Gasteiger charge is -2.27. The molecule has 4 nitrogen and oxygen atoms in total. The molecular formula is C22H17N3O. The molecule has 3 N–H and O–H groups in total. The van der Waals surface area contributed by atoms with Gasteiger partial charge in [-0.2, -0.15) is 5.26 Å². The minimum absolute atomic E-state index is 0.158. The number of hydrogen-bond acceptors (Lipinski definition) is 4. The van der Waals surface area contributed by atoms with E-state index in [2.05, 4.69) is 11.4 Å². The number of benzene rings is 3. The van der Waals surface area contributed by atoms with E-state index in [0.717, 1.165) is 22.5 Å². The topological polar surface area (TPSA) is 71.1 Å². The molecule has 0 aromatic heterocycles. The Morgan fingerprint density at radius 2 is 1.58 bits per heavy atom. The molecule has 0 fully saturated rings. The van der Waals surface area contributed by atoms with Crippen molar-refractivity contribution in [1.82, 2.24) is 0 Å². The Balaban J connectivity index is 1.76. The predicted octanol–water partition coefficient (Wildman–Crippen LogP) is 4.65. The van der Waals surface area contributed by atoms with E-state index in [9.17, 15) is 5.26 Å². The van der Waals surface area contributed by atoms with Crippen molar-refractivity contribution >= 4 is 11.4 Å². The molecule has 0 unspecified atom stereocenters. The summed E-state index contributed by atoms with van der Waals surface area (Å²) < 4.78 is 5.76. The lowest BCUT2D eigenvalue weighted by atomic mass is 9.83. The largest absolute Gasteiger partial charge is 0.440 e. The van der Waals surface area contributed by atoms with E-state index in [1.807, 2.05) is 78.9 Å². The summed E-state index contributed by atoms with van der Waals surface area (Å²) in [6, 6.07) is 27.9. The molecule has 1 aliphatic heterocycles. The molecule has 1 heterocycles. The summed E-state index contributed by atoms with van der Waals surface area (Å²) >= 11 is 0. The normalized spacial score (nSPS) is 15.6. The van der Waals surface area contributed by atoms with Crippen LogP contribution in [-0.4, -0.2) is 0 Å². The summed E-state index contributed by atoms with van der Waals surface area (Å²) in [5.74, 6) is 0.595. The van der Waals surface area contributed by atoms with Crippen LogP contribution in [0.25, 0.3) is 0 Å². The number of hydrogen-bond donors (Lipinski definition) is 2. The van der Waals surface area contributed by atoms with E-state index in [0.29, 0.717) is 11.3 Å². The smallest absolute Gasteiger partial charge is 0.205 e. The summed E-state index contributed by atoms with van der Waals surface area (Å²) in [5, 5.41) is 12.9. The third kappa shape index (κ3) is 2.87. The summed E-state index contributed by atoms with van der Waals surface area (Å²) in [6.07, 6.45) is 0. The fourth-order valence-corrected chi connectivity index (χ4v) is 3.21. The molecule has 0 bridgehead atoms. The van der Waals surface area contributed by atoms with E-state index in [-0.39, 0.29) is 11.8 Å². The van der Waals surface area contributed by atoms with Gasteiger partial charge in [0.25, 0.3) is 0 Å². The summed E-state index contributed by atoms with van der Waals surface area (Å²) in [4.78, 5) is 0. The quantitative estimate of drug-likeness (QED) is 0.729. The zero-order valence-electron chi connectivity index (χ0n) is 14.0. The SMILES string of the molecule is N#CC1=C(N)Oc2cc(Nc3ccccc3)ccc2[C@H]1c1ccccc1. The number of nitrogens with zero attached hydrogens (tertiary/aromatic N) is 1. The Morgan fingerprint density at radius 3 is 2.27 bits per heavy atom. The lowest BCUT2D eigenvalue weighted by Crippen LogP contribution is -2.21. The molecule has 0 spiro atoms. The molecule has 126 valence electrons. The molecular weight excluding hydrogens is 322 g/mol. The van der Waals surface area contributed by atoms with Crippen LogP contribution in [0.4, 0.5) is 11.4 Å². The number of nitrogens with two attached hydrogens (primary N) is 1. The van der Waals surface area contributed by atoms with Gasteiger partial charge >= 0.3 is 0 Å². The Hall–Kier alpha value is -3.71. The number of allylic oxidation sites excluding steroid dienone is 1. The Labute approximate surface area is 152 Å². The molecule has 4 rings (SSSR count). The van der Waals surface area contributed by atoms with Gasteiger partial charge in [0, 0.05) is 23.0 Å². The first-order chi connectivity index (χ1) is 12.8. The second kappa shape index (κ2) is 6.66. The van der Waals surface area contributed by atoms with E-state index in [1.165, 1.54) is 0 Å². The van der Waals surface area contributed by atoms with E-state index in [1.54, 1.807) is 0 Å². The molecule has 3 aromatic carbocycles. The molecule has 0 saturated heterocycles. The monoisotopic (exact) mass is 339 g/mol. The number of nitriles is 1. The van der Waals surface area contributed by atoms with Crippen LogP contribution in [0.3, 0.4) is 0 Å². The minimum atomic E-state index is -0.226. The van der Waals surface area contributed by atoms with Gasteiger partial charge in [0.1, 0.15) is 17.4 Å². The first-order valence-corrected chi connectivity index (χ1v) is 8.35. The van der Waals surface area contributed by atoms with Gasteiger partial charge < -0.3 is 15.8 Å². The van der Waals surface area contributed by atoms with Crippen LogP contribution in [0.15, 0.2) is 90.3 Å². The van der Waals surface area contributed by atoms with Crippen molar-refractivity contribution in [2.45, 2.75) is 5.92 Å². The van der Waals surface area contributed by atoms with Crippen molar-refractivity contribution in [3.63, 3.8) is 0 Å². The van der Waals surface area contributed by atoms with E-state index < -0.39 is 0 Å². The van der Waals surface area contributed by atoms with Crippen LogP contribution in [0, 0.1) is 11.3 Å². The van der Waals surface area contributed by atoms with Crippen LogP contribution in [0.5, 0.6) is 5.75 Å². The molecule has 26 heavy (non-hydrogen) atoms. The van der Waals surface area contributed by atoms with Crippen molar-refractivity contribution < 1.29 is 4.74 Å². The van der Waals surface area contributed by atoms with Gasteiger partial charge in [0.15, 0.2) is 0 Å². The van der Waals surface area contributed by atoms with Gasteiger partial charge in [-0.25, -0.2) is 0 Å². The third-order valence-electron chi connectivity index (χ3n) is 4.41. The van der Waals surface area contributed by atoms with Crippen LogP contribution in [-0.2, 0) is 0 Å². The molecule has 0 saturated carbocycles. The van der Waals surface area contributed by atoms with E-state index >= 15 is 0 Å². The fourth-order valence-electron chi connectivity index (χ4n) is 3.21. The Bertz CT molecular complexity index is 1000. The minimum Gasteiger partial charge on any atom is -0.440 e. The Morgan fingerprint density at radius 1 is 0.885 bits per heavy atom. The van der Waals surface area contributed by atoms with Crippen molar-refractivity contribution in [1.29, 1.82) is 5.26 Å². The Kier molecular flexibility index (Phi) is 4.04. The van der Waals surface area contributed by atoms with Gasteiger partial charge in [0.05, 0.1) is 5.92 Å². The van der Waals surface area contributed by atoms with Crippen LogP contribution < -0.4 is 15.8 Å². The number of para-hydroxylation sites is 1. The molecule has 4 heteroatoms. The zero-order valence-corrected chi connectivity index (χ0v) is 14.0. The molecule has 3 aromatic rings. The van der Waals surface area contributed by atoms with Crippen molar-refractivity contribution in [3.8, 4) is 11.8 Å². The van der Waals surface area contributed by atoms with Gasteiger partial charge in [-0.1, -0.05) is 54.6 Å². The van der Waals surface area contributed by atoms with Crippen molar-refractivity contribution in [3.05, 3.63) is 101 Å². The maximum absolute atomic E-state index is 9.59. The zero-order chi connectivity index (χ0) is 17.9. The fraction of sp³-hybridized carbons (Fsp3) is 0.0455. The first-order valence-electron chi connectivity index (χ1n) is 8.35. The first kappa shape index (κ1) is 15.8. The lowest BCUT2D eigenvalue weighted by molar-refractivity contribution is 0.394. The van der Waals surface area contributed by atoms with Crippen LogP contribution in [0.1, 0.15) is 17.0 Å². The second-order valence-electron chi connectivity index (χ2n) is 6.08. The van der Waals surface area contributed by atoms with E-state index in [4.69, 9.17) is 10.5 Å². The third-order valence-corrected chi connectivity index (χ3v) is 4.41. The summed E-state index contributed by atoms with van der Waals surface area (Å²) in [6.45, 7) is 0. The highest BCUT2D eigenvalue weighted by atomic mass is 16.5.